The molecule has 0 radical (unpaired) electrons. The minimum atomic E-state index is 0.0439. The molecule has 1 nitrogen and oxygen atoms in total. The molecule has 0 aliphatic heterocycles. The zero-order valence-corrected chi connectivity index (χ0v) is 9.18. The lowest BCUT2D eigenvalue weighted by Crippen LogP contribution is -2.09. The van der Waals surface area contributed by atoms with E-state index >= 15 is 0 Å². The maximum absolute atomic E-state index is 4.35. The second-order valence-corrected chi connectivity index (χ2v) is 5.17. The van der Waals surface area contributed by atoms with Gasteiger partial charge in [-0.2, -0.15) is 0 Å². The summed E-state index contributed by atoms with van der Waals surface area (Å²) in [5.41, 5.74) is 0.298. The van der Waals surface area contributed by atoms with E-state index in [1.54, 1.807) is 0 Å². The van der Waals surface area contributed by atoms with E-state index in [-0.39, 0.29) is 11.0 Å². The molecule has 0 saturated carbocycles. The number of hydrogen-bond acceptors (Lipinski definition) is 1. The van der Waals surface area contributed by atoms with Crippen LogP contribution in [0.5, 0.6) is 0 Å². The highest BCUT2D eigenvalue weighted by Gasteiger charge is 2.04. The zero-order chi connectivity index (χ0) is 9.83. The topological polar surface area (TPSA) is 12.4 Å². The van der Waals surface area contributed by atoms with Gasteiger partial charge < -0.3 is 0 Å². The highest BCUT2D eigenvalue weighted by molar-refractivity contribution is 5.71. The molecule has 12 heavy (non-hydrogen) atoms. The molecule has 0 unspecified atom stereocenters. The fraction of sp³-hybridized carbons (Fsp3) is 0.727. The van der Waals surface area contributed by atoms with E-state index in [4.69, 9.17) is 0 Å². The predicted octanol–water partition coefficient (Wildman–Crippen LogP) is 3.46. The fourth-order valence-corrected chi connectivity index (χ4v) is 0.598. The molecular weight excluding hydrogens is 146 g/mol. The van der Waals surface area contributed by atoms with Crippen LogP contribution in [0.1, 0.15) is 41.5 Å². The molecule has 0 aromatic rings. The number of nitrogens with zero attached hydrogens (tertiary/aromatic N) is 1. The lowest BCUT2D eigenvalue weighted by Gasteiger charge is -2.11. The van der Waals surface area contributed by atoms with Crippen LogP contribution in [0.3, 0.4) is 0 Å². The molecule has 0 N–H and O–H groups in total. The van der Waals surface area contributed by atoms with Crippen molar-refractivity contribution in [3.63, 3.8) is 0 Å². The number of hydrogen-bond donors (Lipinski definition) is 0. The van der Waals surface area contributed by atoms with Crippen molar-refractivity contribution in [2.24, 2.45) is 10.4 Å². The molecule has 0 bridgehead atoms. The molecule has 0 aromatic carbocycles. The summed E-state index contributed by atoms with van der Waals surface area (Å²) in [6, 6.07) is 0. The van der Waals surface area contributed by atoms with Gasteiger partial charge in [0.05, 0.1) is 5.54 Å². The highest BCUT2D eigenvalue weighted by Crippen LogP contribution is 2.13. The second-order valence-electron chi connectivity index (χ2n) is 5.17. The van der Waals surface area contributed by atoms with E-state index in [2.05, 4.69) is 52.6 Å². The standard InChI is InChI=1S/C11H21N/c1-10(2,3)8-7-9-12-11(4,5)6/h7-9H,1-6H3/b8-7+,12-9?. The van der Waals surface area contributed by atoms with Gasteiger partial charge in [0.2, 0.25) is 0 Å². The molecular formula is C11H21N. The van der Waals surface area contributed by atoms with Crippen LogP contribution >= 0.6 is 0 Å². The summed E-state index contributed by atoms with van der Waals surface area (Å²) in [6.45, 7) is 12.8. The Morgan fingerprint density at radius 1 is 0.917 bits per heavy atom. The highest BCUT2D eigenvalue weighted by atomic mass is 14.8. The van der Waals surface area contributed by atoms with Crippen LogP contribution in [0, 0.1) is 5.41 Å². The molecule has 0 spiro atoms. The zero-order valence-electron chi connectivity index (χ0n) is 9.18. The van der Waals surface area contributed by atoms with Crippen molar-refractivity contribution in [3.8, 4) is 0 Å². The van der Waals surface area contributed by atoms with Gasteiger partial charge in [-0.25, -0.2) is 0 Å². The van der Waals surface area contributed by atoms with Gasteiger partial charge in [0.1, 0.15) is 0 Å². The van der Waals surface area contributed by atoms with Crippen LogP contribution in [-0.4, -0.2) is 11.8 Å². The van der Waals surface area contributed by atoms with E-state index in [0.717, 1.165) is 0 Å². The van der Waals surface area contributed by atoms with Gasteiger partial charge in [-0.05, 0) is 32.3 Å². The van der Waals surface area contributed by atoms with E-state index in [1.165, 1.54) is 0 Å². The molecule has 0 aliphatic carbocycles. The van der Waals surface area contributed by atoms with E-state index < -0.39 is 0 Å². The van der Waals surface area contributed by atoms with Crippen molar-refractivity contribution in [1.29, 1.82) is 0 Å². The van der Waals surface area contributed by atoms with Gasteiger partial charge in [0.25, 0.3) is 0 Å². The molecule has 0 aromatic heterocycles. The quantitative estimate of drug-likeness (QED) is 0.530. The van der Waals surface area contributed by atoms with Gasteiger partial charge in [-0.3, -0.25) is 4.99 Å². The van der Waals surface area contributed by atoms with Crippen molar-refractivity contribution < 1.29 is 0 Å². The summed E-state index contributed by atoms with van der Waals surface area (Å²) in [4.78, 5) is 4.35. The predicted molar refractivity (Wildman–Crippen MR) is 56.8 cm³/mol. The van der Waals surface area contributed by atoms with E-state index in [0.29, 0.717) is 0 Å². The van der Waals surface area contributed by atoms with Crippen LogP contribution in [0.4, 0.5) is 0 Å². The first kappa shape index (κ1) is 11.4. The van der Waals surface area contributed by atoms with Gasteiger partial charge >= 0.3 is 0 Å². The van der Waals surface area contributed by atoms with Crippen molar-refractivity contribution >= 4 is 6.21 Å². The number of rotatable bonds is 1. The normalized spacial score (nSPS) is 14.8. The maximum Gasteiger partial charge on any atom is 0.0524 e. The monoisotopic (exact) mass is 167 g/mol. The first-order chi connectivity index (χ1) is 5.21. The summed E-state index contributed by atoms with van der Waals surface area (Å²) in [6.07, 6.45) is 6.05. The van der Waals surface area contributed by atoms with Gasteiger partial charge in [0, 0.05) is 6.21 Å². The third-order valence-electron chi connectivity index (χ3n) is 1.14. The van der Waals surface area contributed by atoms with Gasteiger partial charge in [0.15, 0.2) is 0 Å². The Bertz CT molecular complexity index is 152. The summed E-state index contributed by atoms with van der Waals surface area (Å²) in [7, 11) is 0. The first-order valence-electron chi connectivity index (χ1n) is 4.44. The third kappa shape index (κ3) is 9.41. The van der Waals surface area contributed by atoms with Gasteiger partial charge in [-0.1, -0.05) is 26.8 Å². The summed E-state index contributed by atoms with van der Waals surface area (Å²) in [5, 5.41) is 0. The smallest absolute Gasteiger partial charge is 0.0524 e. The summed E-state index contributed by atoms with van der Waals surface area (Å²) >= 11 is 0. The Hall–Kier alpha value is -0.590. The molecule has 1 heteroatoms. The second kappa shape index (κ2) is 3.88. The Kier molecular flexibility index (Phi) is 3.69. The molecule has 0 atom stereocenters. The van der Waals surface area contributed by atoms with E-state index in [1.807, 2.05) is 12.3 Å². The van der Waals surface area contributed by atoms with Crippen LogP contribution in [-0.2, 0) is 0 Å². The lowest BCUT2D eigenvalue weighted by atomic mass is 9.96. The molecule has 70 valence electrons. The van der Waals surface area contributed by atoms with Crippen LogP contribution in [0.25, 0.3) is 0 Å². The maximum atomic E-state index is 4.35. The minimum Gasteiger partial charge on any atom is -0.287 e. The third-order valence-corrected chi connectivity index (χ3v) is 1.14. The van der Waals surface area contributed by atoms with Crippen LogP contribution in [0.2, 0.25) is 0 Å². The minimum absolute atomic E-state index is 0.0439. The summed E-state index contributed by atoms with van der Waals surface area (Å²) < 4.78 is 0. The fourth-order valence-electron chi connectivity index (χ4n) is 0.598. The average molecular weight is 167 g/mol. The molecule has 0 amide bonds. The Morgan fingerprint density at radius 2 is 1.42 bits per heavy atom. The molecule has 0 saturated heterocycles. The Labute approximate surface area is 76.6 Å². The van der Waals surface area contributed by atoms with Crippen LogP contribution < -0.4 is 0 Å². The van der Waals surface area contributed by atoms with Crippen molar-refractivity contribution in [2.45, 2.75) is 47.1 Å². The molecule has 0 aliphatic rings. The van der Waals surface area contributed by atoms with Crippen molar-refractivity contribution in [3.05, 3.63) is 12.2 Å². The Morgan fingerprint density at radius 3 is 1.75 bits per heavy atom. The van der Waals surface area contributed by atoms with Crippen molar-refractivity contribution in [1.82, 2.24) is 0 Å². The number of aliphatic imine (C=N–C) groups is 1. The van der Waals surface area contributed by atoms with Crippen LogP contribution in [0.15, 0.2) is 17.1 Å². The summed E-state index contributed by atoms with van der Waals surface area (Å²) in [5.74, 6) is 0. The molecule has 0 rings (SSSR count). The van der Waals surface area contributed by atoms with Crippen molar-refractivity contribution in [2.75, 3.05) is 0 Å². The lowest BCUT2D eigenvalue weighted by molar-refractivity contribution is 0.544. The molecule has 0 fully saturated rings. The average Bonchev–Trinajstić information content (AvgIpc) is 1.76. The SMILES string of the molecule is CC(C)(C)/C=C/C=NC(C)(C)C. The first-order valence-corrected chi connectivity index (χ1v) is 4.44. The largest absolute Gasteiger partial charge is 0.287 e. The molecule has 0 heterocycles. The Balaban J connectivity index is 4.00. The number of allylic oxidation sites excluding steroid dienone is 2. The van der Waals surface area contributed by atoms with Gasteiger partial charge in [-0.15, -0.1) is 0 Å². The van der Waals surface area contributed by atoms with E-state index in [9.17, 15) is 0 Å².